The van der Waals surface area contributed by atoms with Crippen LogP contribution in [0.4, 0.5) is 5.69 Å². The van der Waals surface area contributed by atoms with Crippen molar-refractivity contribution < 1.29 is 14.3 Å². The van der Waals surface area contributed by atoms with Crippen LogP contribution in [0.3, 0.4) is 0 Å². The summed E-state index contributed by atoms with van der Waals surface area (Å²) in [4.78, 5) is 13.9. The molecule has 0 saturated carbocycles. The van der Waals surface area contributed by atoms with Gasteiger partial charge in [-0.25, -0.2) is 4.79 Å². The largest absolute Gasteiger partial charge is 0.485 e. The summed E-state index contributed by atoms with van der Waals surface area (Å²) in [6.07, 6.45) is 1.00. The second kappa shape index (κ2) is 5.17. The van der Waals surface area contributed by atoms with Crippen LogP contribution in [0, 0.1) is 0 Å². The molecule has 0 bridgehead atoms. The first kappa shape index (κ1) is 13.0. The Hall–Kier alpha value is -2.01. The second-order valence-electron chi connectivity index (χ2n) is 4.81. The number of benzene rings is 1. The molecule has 1 fully saturated rings. The van der Waals surface area contributed by atoms with E-state index >= 15 is 0 Å². The summed E-state index contributed by atoms with van der Waals surface area (Å²) in [5.74, 6) is 0.187. The number of rotatable bonds is 3. The third kappa shape index (κ3) is 2.04. The zero-order valence-electron chi connectivity index (χ0n) is 11.3. The lowest BCUT2D eigenvalue weighted by molar-refractivity contribution is 0.184. The molecule has 1 unspecified atom stereocenters. The van der Waals surface area contributed by atoms with E-state index in [2.05, 4.69) is 0 Å². The van der Waals surface area contributed by atoms with E-state index in [0.29, 0.717) is 30.8 Å². The van der Waals surface area contributed by atoms with Gasteiger partial charge in [0.1, 0.15) is 17.5 Å². The monoisotopic (exact) mass is 275 g/mol. The fraction of sp³-hybridized carbons (Fsp3) is 0.400. The van der Waals surface area contributed by atoms with Crippen molar-refractivity contribution in [2.45, 2.75) is 26.0 Å². The Morgan fingerprint density at radius 3 is 2.95 bits per heavy atom. The average Bonchev–Trinajstić information content (AvgIpc) is 2.86. The summed E-state index contributed by atoms with van der Waals surface area (Å²) in [6.45, 7) is 2.90. The Kier molecular flexibility index (Phi) is 3.36. The molecule has 2 aromatic rings. The lowest BCUT2D eigenvalue weighted by atomic mass is 10.2. The van der Waals surface area contributed by atoms with Crippen molar-refractivity contribution in [3.63, 3.8) is 0 Å². The van der Waals surface area contributed by atoms with E-state index in [1.54, 1.807) is 6.07 Å². The van der Waals surface area contributed by atoms with Crippen LogP contribution < -0.4 is 15.3 Å². The van der Waals surface area contributed by atoms with Gasteiger partial charge in [0, 0.05) is 11.9 Å². The van der Waals surface area contributed by atoms with Gasteiger partial charge in [-0.1, -0.05) is 12.1 Å². The van der Waals surface area contributed by atoms with E-state index in [-0.39, 0.29) is 5.75 Å². The molecule has 0 radical (unpaired) electrons. The number of nitrogens with zero attached hydrogens (tertiary/aromatic N) is 1. The highest BCUT2D eigenvalue weighted by molar-refractivity contribution is 5.93. The van der Waals surface area contributed by atoms with Gasteiger partial charge in [-0.15, -0.1) is 0 Å². The predicted molar refractivity (Wildman–Crippen MR) is 76.2 cm³/mol. The van der Waals surface area contributed by atoms with E-state index in [4.69, 9.17) is 9.15 Å². The summed E-state index contributed by atoms with van der Waals surface area (Å²) in [5.41, 5.74) is 0.651. The quantitative estimate of drug-likeness (QED) is 0.869. The second-order valence-corrected chi connectivity index (χ2v) is 4.81. The fourth-order valence-corrected chi connectivity index (χ4v) is 2.68. The van der Waals surface area contributed by atoms with Crippen LogP contribution in [0.2, 0.25) is 0 Å². The minimum atomic E-state index is -0.584. The molecule has 1 atom stereocenters. The summed E-state index contributed by atoms with van der Waals surface area (Å²) in [6, 6.07) is 7.32. The highest BCUT2D eigenvalue weighted by atomic mass is 16.5. The SMILES string of the molecule is CCOc1c(N2CCCC2O)c2ccccc2oc1=O. The molecule has 1 saturated heterocycles. The standard InChI is InChI=1S/C15H17NO4/c1-2-19-14-13(16-9-5-8-12(16)17)10-6-3-4-7-11(10)20-15(14)18/h3-4,6-7,12,17H,2,5,8-9H2,1H3. The van der Waals surface area contributed by atoms with Crippen molar-refractivity contribution >= 4 is 16.7 Å². The lowest BCUT2D eigenvalue weighted by Crippen LogP contribution is -2.30. The number of ether oxygens (including phenoxy) is 1. The number of hydrogen-bond acceptors (Lipinski definition) is 5. The van der Waals surface area contributed by atoms with Gasteiger partial charge in [0.25, 0.3) is 0 Å². The summed E-state index contributed by atoms with van der Waals surface area (Å²) in [5, 5.41) is 10.9. The van der Waals surface area contributed by atoms with Gasteiger partial charge in [-0.05, 0) is 31.9 Å². The molecule has 2 heterocycles. The number of fused-ring (bicyclic) bond motifs is 1. The van der Waals surface area contributed by atoms with Crippen LogP contribution in [0.1, 0.15) is 19.8 Å². The van der Waals surface area contributed by atoms with Crippen LogP contribution in [0.5, 0.6) is 5.75 Å². The van der Waals surface area contributed by atoms with E-state index < -0.39 is 11.9 Å². The molecular formula is C15H17NO4. The van der Waals surface area contributed by atoms with Gasteiger partial charge < -0.3 is 19.2 Å². The highest BCUT2D eigenvalue weighted by Gasteiger charge is 2.29. The Morgan fingerprint density at radius 2 is 2.25 bits per heavy atom. The third-order valence-electron chi connectivity index (χ3n) is 3.54. The molecule has 0 amide bonds. The molecule has 0 aliphatic carbocycles. The van der Waals surface area contributed by atoms with Crippen LogP contribution in [0.15, 0.2) is 33.5 Å². The van der Waals surface area contributed by atoms with Crippen molar-refractivity contribution in [2.24, 2.45) is 0 Å². The van der Waals surface area contributed by atoms with E-state index in [1.807, 2.05) is 30.0 Å². The van der Waals surface area contributed by atoms with Gasteiger partial charge in [0.2, 0.25) is 5.75 Å². The molecule has 1 aliphatic heterocycles. The minimum Gasteiger partial charge on any atom is -0.485 e. The number of anilines is 1. The van der Waals surface area contributed by atoms with Gasteiger partial charge in [0.05, 0.1) is 6.61 Å². The molecular weight excluding hydrogens is 258 g/mol. The number of aliphatic hydroxyl groups excluding tert-OH is 1. The maximum absolute atomic E-state index is 12.1. The third-order valence-corrected chi connectivity index (χ3v) is 3.54. The molecule has 1 aromatic heterocycles. The first-order valence-corrected chi connectivity index (χ1v) is 6.85. The molecule has 1 aromatic carbocycles. The summed E-state index contributed by atoms with van der Waals surface area (Å²) >= 11 is 0. The van der Waals surface area contributed by atoms with E-state index in [0.717, 1.165) is 11.8 Å². The first-order valence-electron chi connectivity index (χ1n) is 6.85. The van der Waals surface area contributed by atoms with Crippen LogP contribution in [-0.2, 0) is 0 Å². The van der Waals surface area contributed by atoms with Crippen molar-refractivity contribution in [1.29, 1.82) is 0 Å². The topological polar surface area (TPSA) is 62.9 Å². The molecule has 106 valence electrons. The Morgan fingerprint density at radius 1 is 1.45 bits per heavy atom. The smallest absolute Gasteiger partial charge is 0.381 e. The van der Waals surface area contributed by atoms with Crippen LogP contribution in [-0.4, -0.2) is 24.5 Å². The molecule has 1 N–H and O–H groups in total. The predicted octanol–water partition coefficient (Wildman–Crippen LogP) is 2.11. The summed E-state index contributed by atoms with van der Waals surface area (Å²) < 4.78 is 10.8. The normalized spacial score (nSPS) is 18.7. The number of para-hydroxylation sites is 1. The number of hydrogen-bond donors (Lipinski definition) is 1. The van der Waals surface area contributed by atoms with Gasteiger partial charge in [-0.3, -0.25) is 0 Å². The maximum Gasteiger partial charge on any atom is 0.381 e. The zero-order chi connectivity index (χ0) is 14.1. The molecule has 5 nitrogen and oxygen atoms in total. The van der Waals surface area contributed by atoms with Gasteiger partial charge >= 0.3 is 5.63 Å². The minimum absolute atomic E-state index is 0.187. The molecule has 3 rings (SSSR count). The highest BCUT2D eigenvalue weighted by Crippen LogP contribution is 2.37. The zero-order valence-corrected chi connectivity index (χ0v) is 11.3. The molecule has 1 aliphatic rings. The first-order chi connectivity index (χ1) is 9.72. The summed E-state index contributed by atoms with van der Waals surface area (Å²) in [7, 11) is 0. The van der Waals surface area contributed by atoms with E-state index in [9.17, 15) is 9.90 Å². The van der Waals surface area contributed by atoms with Crippen molar-refractivity contribution in [3.05, 3.63) is 34.7 Å². The van der Waals surface area contributed by atoms with Crippen molar-refractivity contribution in [1.82, 2.24) is 0 Å². The van der Waals surface area contributed by atoms with Crippen LogP contribution >= 0.6 is 0 Å². The number of aliphatic hydroxyl groups is 1. The maximum atomic E-state index is 12.1. The van der Waals surface area contributed by atoms with Crippen molar-refractivity contribution in [3.8, 4) is 5.75 Å². The van der Waals surface area contributed by atoms with Crippen molar-refractivity contribution in [2.75, 3.05) is 18.1 Å². The van der Waals surface area contributed by atoms with Gasteiger partial charge in [0.15, 0.2) is 0 Å². The Labute approximate surface area is 116 Å². The van der Waals surface area contributed by atoms with E-state index in [1.165, 1.54) is 0 Å². The lowest BCUT2D eigenvalue weighted by Gasteiger charge is -2.25. The molecule has 0 spiro atoms. The van der Waals surface area contributed by atoms with Gasteiger partial charge in [-0.2, -0.15) is 0 Å². The average molecular weight is 275 g/mol. The molecule has 20 heavy (non-hydrogen) atoms. The molecule has 5 heteroatoms. The Balaban J connectivity index is 2.29. The fourth-order valence-electron chi connectivity index (χ4n) is 2.68. The van der Waals surface area contributed by atoms with Crippen LogP contribution in [0.25, 0.3) is 11.0 Å². The Bertz CT molecular complexity index is 679.